The van der Waals surface area contributed by atoms with Crippen LogP contribution in [-0.2, 0) is 5.60 Å². The largest absolute Gasteiger partial charge is 0.383 e. The van der Waals surface area contributed by atoms with E-state index in [-0.39, 0.29) is 12.5 Å². The van der Waals surface area contributed by atoms with Gasteiger partial charge in [0.2, 0.25) is 0 Å². The second-order valence-electron chi connectivity index (χ2n) is 4.17. The van der Waals surface area contributed by atoms with Crippen molar-refractivity contribution in [2.75, 3.05) is 6.54 Å². The second kappa shape index (κ2) is 5.26. The minimum Gasteiger partial charge on any atom is -0.383 e. The van der Waals surface area contributed by atoms with E-state index in [1.165, 1.54) is 11.3 Å². The highest BCUT2D eigenvalue weighted by molar-refractivity contribution is 9.10. The predicted octanol–water partition coefficient (Wildman–Crippen LogP) is 2.48. The molecule has 0 radical (unpaired) electrons. The van der Waals surface area contributed by atoms with Gasteiger partial charge in [0, 0.05) is 15.5 Å². The van der Waals surface area contributed by atoms with Crippen molar-refractivity contribution in [1.82, 2.24) is 10.3 Å². The average Bonchev–Trinajstić information content (AvgIpc) is 2.96. The molecule has 3 N–H and O–H groups in total. The molecule has 1 atom stereocenters. The molecule has 2 heterocycles. The van der Waals surface area contributed by atoms with Crippen LogP contribution in [0.5, 0.6) is 0 Å². The molecule has 2 rings (SSSR count). The van der Waals surface area contributed by atoms with Crippen molar-refractivity contribution in [1.29, 1.82) is 0 Å². The molecule has 0 aliphatic carbocycles. The van der Waals surface area contributed by atoms with E-state index in [1.54, 1.807) is 19.2 Å². The number of aromatic nitrogens is 1. The van der Waals surface area contributed by atoms with Gasteiger partial charge in [-0.3, -0.25) is 4.79 Å². The van der Waals surface area contributed by atoms with Crippen molar-refractivity contribution in [3.05, 3.63) is 44.8 Å². The van der Waals surface area contributed by atoms with Crippen LogP contribution in [0.4, 0.5) is 0 Å². The standard InChI is InChI=1S/C12H13BrN2O2S/c1-12(17,10-3-2-4-18-10)7-15-11(16)9-5-8(13)6-14-9/h2-6,14,17H,7H2,1H3,(H,15,16). The van der Waals surface area contributed by atoms with Gasteiger partial charge in [0.15, 0.2) is 0 Å². The summed E-state index contributed by atoms with van der Waals surface area (Å²) in [6, 6.07) is 5.41. The Hall–Kier alpha value is -1.11. The minimum atomic E-state index is -1.05. The van der Waals surface area contributed by atoms with E-state index in [4.69, 9.17) is 0 Å². The van der Waals surface area contributed by atoms with Crippen LogP contribution in [0.1, 0.15) is 22.3 Å². The van der Waals surface area contributed by atoms with Gasteiger partial charge >= 0.3 is 0 Å². The van der Waals surface area contributed by atoms with E-state index in [9.17, 15) is 9.90 Å². The van der Waals surface area contributed by atoms with Gasteiger partial charge in [-0.2, -0.15) is 0 Å². The lowest BCUT2D eigenvalue weighted by Crippen LogP contribution is -2.38. The molecule has 0 aliphatic rings. The van der Waals surface area contributed by atoms with Crippen molar-refractivity contribution in [2.24, 2.45) is 0 Å². The first-order valence-electron chi connectivity index (χ1n) is 5.37. The predicted molar refractivity (Wildman–Crippen MR) is 74.7 cm³/mol. The van der Waals surface area contributed by atoms with E-state index in [1.807, 2.05) is 17.5 Å². The fraction of sp³-hybridized carbons (Fsp3) is 0.250. The number of amides is 1. The van der Waals surface area contributed by atoms with Crippen molar-refractivity contribution < 1.29 is 9.90 Å². The van der Waals surface area contributed by atoms with Crippen LogP contribution >= 0.6 is 27.3 Å². The van der Waals surface area contributed by atoms with Gasteiger partial charge in [0.1, 0.15) is 11.3 Å². The van der Waals surface area contributed by atoms with Gasteiger partial charge in [0.25, 0.3) is 5.91 Å². The number of carbonyl (C=O) groups excluding carboxylic acids is 1. The van der Waals surface area contributed by atoms with E-state index >= 15 is 0 Å². The third-order valence-corrected chi connectivity index (χ3v) is 4.12. The molecule has 2 aromatic rings. The summed E-state index contributed by atoms with van der Waals surface area (Å²) in [5.74, 6) is -0.238. The number of nitrogens with one attached hydrogen (secondary N) is 2. The average molecular weight is 329 g/mol. The molecule has 0 saturated carbocycles. The van der Waals surface area contributed by atoms with E-state index < -0.39 is 5.60 Å². The molecule has 0 bridgehead atoms. The Labute approximate surface area is 117 Å². The highest BCUT2D eigenvalue weighted by Crippen LogP contribution is 2.24. The van der Waals surface area contributed by atoms with Crippen LogP contribution in [0, 0.1) is 0 Å². The molecular weight excluding hydrogens is 316 g/mol. The molecule has 0 spiro atoms. The smallest absolute Gasteiger partial charge is 0.267 e. The Morgan fingerprint density at radius 2 is 2.44 bits per heavy atom. The maximum absolute atomic E-state index is 11.8. The lowest BCUT2D eigenvalue weighted by atomic mass is 10.1. The molecule has 4 nitrogen and oxygen atoms in total. The summed E-state index contributed by atoms with van der Waals surface area (Å²) >= 11 is 4.73. The number of hydrogen-bond donors (Lipinski definition) is 3. The highest BCUT2D eigenvalue weighted by atomic mass is 79.9. The van der Waals surface area contributed by atoms with Crippen molar-refractivity contribution in [3.63, 3.8) is 0 Å². The Morgan fingerprint density at radius 1 is 1.67 bits per heavy atom. The maximum Gasteiger partial charge on any atom is 0.267 e. The van der Waals surface area contributed by atoms with Gasteiger partial charge in [-0.1, -0.05) is 6.07 Å². The van der Waals surface area contributed by atoms with Crippen LogP contribution in [0.3, 0.4) is 0 Å². The first-order valence-corrected chi connectivity index (χ1v) is 7.05. The molecule has 96 valence electrons. The van der Waals surface area contributed by atoms with Gasteiger partial charge in [0.05, 0.1) is 6.54 Å². The molecule has 2 aromatic heterocycles. The second-order valence-corrected chi connectivity index (χ2v) is 6.03. The van der Waals surface area contributed by atoms with E-state index in [0.717, 1.165) is 9.35 Å². The van der Waals surface area contributed by atoms with Crippen LogP contribution in [0.2, 0.25) is 0 Å². The van der Waals surface area contributed by atoms with Crippen LogP contribution in [0.25, 0.3) is 0 Å². The first kappa shape index (κ1) is 13.3. The summed E-state index contributed by atoms with van der Waals surface area (Å²) in [6.45, 7) is 1.85. The topological polar surface area (TPSA) is 65.1 Å². The zero-order valence-electron chi connectivity index (χ0n) is 9.74. The number of H-pyrrole nitrogens is 1. The number of hydrogen-bond acceptors (Lipinski definition) is 3. The normalized spacial score (nSPS) is 14.2. The summed E-state index contributed by atoms with van der Waals surface area (Å²) in [6.07, 6.45) is 1.69. The molecule has 1 unspecified atom stereocenters. The van der Waals surface area contributed by atoms with Gasteiger partial charge < -0.3 is 15.4 Å². The fourth-order valence-electron chi connectivity index (χ4n) is 1.52. The SMILES string of the molecule is CC(O)(CNC(=O)c1cc(Br)c[nH]1)c1cccs1. The zero-order valence-corrected chi connectivity index (χ0v) is 12.1. The van der Waals surface area contributed by atoms with Gasteiger partial charge in [-0.25, -0.2) is 0 Å². The molecule has 18 heavy (non-hydrogen) atoms. The molecular formula is C12H13BrN2O2S. The summed E-state index contributed by atoms with van der Waals surface area (Å²) in [5, 5.41) is 14.9. The number of carbonyl (C=O) groups is 1. The zero-order chi connectivity index (χ0) is 13.2. The van der Waals surface area contributed by atoms with E-state index in [2.05, 4.69) is 26.2 Å². The highest BCUT2D eigenvalue weighted by Gasteiger charge is 2.25. The van der Waals surface area contributed by atoms with Gasteiger partial charge in [-0.15, -0.1) is 11.3 Å². The summed E-state index contributed by atoms with van der Waals surface area (Å²) in [4.78, 5) is 15.5. The lowest BCUT2D eigenvalue weighted by Gasteiger charge is -2.22. The number of aromatic amines is 1. The van der Waals surface area contributed by atoms with Gasteiger partial charge in [-0.05, 0) is 40.4 Å². The molecule has 6 heteroatoms. The van der Waals surface area contributed by atoms with Crippen molar-refractivity contribution in [2.45, 2.75) is 12.5 Å². The number of rotatable bonds is 4. The minimum absolute atomic E-state index is 0.170. The quantitative estimate of drug-likeness (QED) is 0.807. The maximum atomic E-state index is 11.8. The Balaban J connectivity index is 1.98. The Kier molecular flexibility index (Phi) is 3.89. The third kappa shape index (κ3) is 3.01. The van der Waals surface area contributed by atoms with Crippen LogP contribution in [0.15, 0.2) is 34.2 Å². The van der Waals surface area contributed by atoms with Crippen LogP contribution in [-0.4, -0.2) is 22.5 Å². The lowest BCUT2D eigenvalue weighted by molar-refractivity contribution is 0.0555. The molecule has 0 fully saturated rings. The number of thiophene rings is 1. The Bertz CT molecular complexity index is 534. The summed E-state index contributed by atoms with van der Waals surface area (Å²) < 4.78 is 0.817. The van der Waals surface area contributed by atoms with E-state index in [0.29, 0.717) is 5.69 Å². The fourth-order valence-corrected chi connectivity index (χ4v) is 2.65. The molecule has 0 aromatic carbocycles. The summed E-state index contributed by atoms with van der Waals surface area (Å²) in [5.41, 5.74) is -0.586. The molecule has 0 saturated heterocycles. The van der Waals surface area contributed by atoms with Crippen LogP contribution < -0.4 is 5.32 Å². The third-order valence-electron chi connectivity index (χ3n) is 2.54. The van der Waals surface area contributed by atoms with Crippen molar-refractivity contribution >= 4 is 33.2 Å². The first-order chi connectivity index (χ1) is 8.49. The molecule has 1 amide bonds. The number of aliphatic hydroxyl groups is 1. The van der Waals surface area contributed by atoms with Crippen molar-refractivity contribution in [3.8, 4) is 0 Å². The monoisotopic (exact) mass is 328 g/mol. The molecule has 0 aliphatic heterocycles. The number of halogens is 1. The Morgan fingerprint density at radius 3 is 3.00 bits per heavy atom. The summed E-state index contributed by atoms with van der Waals surface area (Å²) in [7, 11) is 0.